The SMILES string of the molecule is CCCCCCCCCC=C1SC(=O)N(CC(=O)O)C1=O. The Kier molecular flexibility index (Phi) is 8.12. The van der Waals surface area contributed by atoms with E-state index in [9.17, 15) is 14.4 Å². The molecule has 1 aliphatic rings. The highest BCUT2D eigenvalue weighted by Crippen LogP contribution is 2.30. The molecule has 6 heteroatoms. The number of carbonyl (C=O) groups is 3. The summed E-state index contributed by atoms with van der Waals surface area (Å²) in [6, 6.07) is 0. The average molecular weight is 313 g/mol. The van der Waals surface area contributed by atoms with Crippen molar-refractivity contribution < 1.29 is 19.5 Å². The lowest BCUT2D eigenvalue weighted by molar-refractivity contribution is -0.140. The molecule has 0 aromatic carbocycles. The molecule has 0 aliphatic carbocycles. The van der Waals surface area contributed by atoms with Crippen molar-refractivity contribution in [3.05, 3.63) is 11.0 Å². The van der Waals surface area contributed by atoms with Gasteiger partial charge in [-0.3, -0.25) is 19.3 Å². The molecule has 0 spiro atoms. The molecule has 2 amide bonds. The fourth-order valence-corrected chi connectivity index (χ4v) is 2.99. The van der Waals surface area contributed by atoms with Crippen LogP contribution in [-0.4, -0.2) is 33.7 Å². The van der Waals surface area contributed by atoms with Gasteiger partial charge in [0.15, 0.2) is 0 Å². The quantitative estimate of drug-likeness (QED) is 0.490. The van der Waals surface area contributed by atoms with Crippen LogP contribution in [0.3, 0.4) is 0 Å². The smallest absolute Gasteiger partial charge is 0.323 e. The summed E-state index contributed by atoms with van der Waals surface area (Å²) in [6.45, 7) is 1.64. The van der Waals surface area contributed by atoms with Crippen molar-refractivity contribution in [2.24, 2.45) is 0 Å². The first-order chi connectivity index (χ1) is 10.1. The van der Waals surface area contributed by atoms with E-state index in [0.717, 1.165) is 35.9 Å². The molecule has 1 N–H and O–H groups in total. The third kappa shape index (κ3) is 6.33. The average Bonchev–Trinajstić information content (AvgIpc) is 2.69. The number of hydrogen-bond donors (Lipinski definition) is 1. The first-order valence-electron chi connectivity index (χ1n) is 7.52. The largest absolute Gasteiger partial charge is 0.480 e. The Morgan fingerprint density at radius 2 is 1.76 bits per heavy atom. The molecule has 21 heavy (non-hydrogen) atoms. The number of aliphatic carboxylic acids is 1. The van der Waals surface area contributed by atoms with E-state index in [1.54, 1.807) is 6.08 Å². The topological polar surface area (TPSA) is 74.7 Å². The third-order valence-electron chi connectivity index (χ3n) is 3.30. The van der Waals surface area contributed by atoms with E-state index < -0.39 is 23.7 Å². The normalized spacial score (nSPS) is 17.0. The van der Waals surface area contributed by atoms with Gasteiger partial charge < -0.3 is 5.11 Å². The van der Waals surface area contributed by atoms with Gasteiger partial charge in [-0.25, -0.2) is 0 Å². The Labute approximate surface area is 129 Å². The molecular weight excluding hydrogens is 290 g/mol. The van der Waals surface area contributed by atoms with Crippen LogP contribution >= 0.6 is 11.8 Å². The minimum absolute atomic E-state index is 0.368. The number of carboxylic acids is 1. The molecule has 0 unspecified atom stereocenters. The van der Waals surface area contributed by atoms with E-state index in [1.807, 2.05) is 0 Å². The van der Waals surface area contributed by atoms with Crippen LogP contribution in [0, 0.1) is 0 Å². The molecule has 0 bridgehead atoms. The Balaban J connectivity index is 2.26. The van der Waals surface area contributed by atoms with E-state index in [4.69, 9.17) is 5.11 Å². The molecule has 1 aliphatic heterocycles. The second kappa shape index (κ2) is 9.60. The maximum absolute atomic E-state index is 11.8. The summed E-state index contributed by atoms with van der Waals surface area (Å²) < 4.78 is 0. The van der Waals surface area contributed by atoms with Crippen molar-refractivity contribution in [3.8, 4) is 0 Å². The number of carbonyl (C=O) groups excluding carboxylic acids is 2. The zero-order valence-corrected chi connectivity index (χ0v) is 13.3. The van der Waals surface area contributed by atoms with Crippen molar-refractivity contribution in [2.45, 2.75) is 58.3 Å². The molecule has 0 aromatic rings. The number of unbranched alkanes of at least 4 members (excludes halogenated alkanes) is 7. The zero-order valence-electron chi connectivity index (χ0n) is 12.5. The van der Waals surface area contributed by atoms with Crippen LogP contribution in [-0.2, 0) is 9.59 Å². The summed E-state index contributed by atoms with van der Waals surface area (Å²) >= 11 is 0.834. The second-order valence-corrected chi connectivity index (χ2v) is 6.12. The molecule has 0 saturated carbocycles. The van der Waals surface area contributed by atoms with Gasteiger partial charge in [0.1, 0.15) is 6.54 Å². The lowest BCUT2D eigenvalue weighted by atomic mass is 10.1. The predicted octanol–water partition coefficient (Wildman–Crippen LogP) is 3.79. The van der Waals surface area contributed by atoms with E-state index in [0.29, 0.717) is 4.91 Å². The number of carboxylic acid groups (broad SMARTS) is 1. The summed E-state index contributed by atoms with van der Waals surface area (Å²) in [5, 5.41) is 8.16. The van der Waals surface area contributed by atoms with E-state index in [2.05, 4.69) is 6.92 Å². The predicted molar refractivity (Wildman–Crippen MR) is 83.0 cm³/mol. The van der Waals surface area contributed by atoms with Crippen molar-refractivity contribution >= 4 is 28.9 Å². The van der Waals surface area contributed by atoms with Gasteiger partial charge in [-0.2, -0.15) is 0 Å². The zero-order chi connectivity index (χ0) is 15.7. The van der Waals surface area contributed by atoms with E-state index in [-0.39, 0.29) is 0 Å². The van der Waals surface area contributed by atoms with Crippen LogP contribution in [0.5, 0.6) is 0 Å². The monoisotopic (exact) mass is 313 g/mol. The highest BCUT2D eigenvalue weighted by molar-refractivity contribution is 8.18. The number of hydrogen-bond acceptors (Lipinski definition) is 4. The highest BCUT2D eigenvalue weighted by atomic mass is 32.2. The molecule has 5 nitrogen and oxygen atoms in total. The van der Waals surface area contributed by atoms with Gasteiger partial charge in [0.2, 0.25) is 0 Å². The lowest BCUT2D eigenvalue weighted by Gasteiger charge is -2.07. The molecule has 1 fully saturated rings. The van der Waals surface area contributed by atoms with Gasteiger partial charge in [-0.05, 0) is 24.6 Å². The molecule has 0 radical (unpaired) electrons. The van der Waals surface area contributed by atoms with Crippen LogP contribution in [0.25, 0.3) is 0 Å². The highest BCUT2D eigenvalue weighted by Gasteiger charge is 2.35. The Hall–Kier alpha value is -1.30. The summed E-state index contributed by atoms with van der Waals surface area (Å²) in [5.74, 6) is -1.65. The molecular formula is C15H23NO4S. The number of amides is 2. The summed E-state index contributed by atoms with van der Waals surface area (Å²) in [6.07, 6.45) is 10.9. The van der Waals surface area contributed by atoms with Crippen LogP contribution in [0.1, 0.15) is 58.3 Å². The fourth-order valence-electron chi connectivity index (χ4n) is 2.14. The number of imide groups is 1. The van der Waals surface area contributed by atoms with E-state index >= 15 is 0 Å². The van der Waals surface area contributed by atoms with Crippen molar-refractivity contribution in [1.82, 2.24) is 4.90 Å². The first kappa shape index (κ1) is 17.8. The first-order valence-corrected chi connectivity index (χ1v) is 8.33. The van der Waals surface area contributed by atoms with Crippen LogP contribution in [0.4, 0.5) is 4.79 Å². The molecule has 1 heterocycles. The molecule has 0 aromatic heterocycles. The number of rotatable bonds is 10. The van der Waals surface area contributed by atoms with Crippen LogP contribution < -0.4 is 0 Å². The van der Waals surface area contributed by atoms with Gasteiger partial charge >= 0.3 is 5.97 Å². The van der Waals surface area contributed by atoms with Gasteiger partial charge in [0, 0.05) is 0 Å². The minimum Gasteiger partial charge on any atom is -0.480 e. The fraction of sp³-hybridized carbons (Fsp3) is 0.667. The Bertz CT molecular complexity index is 420. The van der Waals surface area contributed by atoms with Gasteiger partial charge in [-0.1, -0.05) is 51.5 Å². The summed E-state index contributed by atoms with van der Waals surface area (Å²) in [5.41, 5.74) is 0. The molecule has 0 atom stereocenters. The number of allylic oxidation sites excluding steroid dienone is 1. The van der Waals surface area contributed by atoms with Gasteiger partial charge in [0.05, 0.1) is 4.91 Å². The number of thioether (sulfide) groups is 1. The van der Waals surface area contributed by atoms with Gasteiger partial charge in [-0.15, -0.1) is 0 Å². The Morgan fingerprint density at radius 3 is 2.38 bits per heavy atom. The van der Waals surface area contributed by atoms with Crippen molar-refractivity contribution in [2.75, 3.05) is 6.54 Å². The molecule has 1 saturated heterocycles. The second-order valence-electron chi connectivity index (χ2n) is 5.13. The maximum atomic E-state index is 11.8. The standard InChI is InChI=1S/C15H23NO4S/c1-2-3-4-5-6-7-8-9-10-12-14(19)16(11-13(17)18)15(20)21-12/h10H,2-9,11H2,1H3,(H,17,18). The molecule has 118 valence electrons. The van der Waals surface area contributed by atoms with Gasteiger partial charge in [0.25, 0.3) is 11.1 Å². The van der Waals surface area contributed by atoms with Crippen molar-refractivity contribution in [1.29, 1.82) is 0 Å². The number of nitrogens with zero attached hydrogens (tertiary/aromatic N) is 1. The maximum Gasteiger partial charge on any atom is 0.323 e. The van der Waals surface area contributed by atoms with Crippen LogP contribution in [0.15, 0.2) is 11.0 Å². The third-order valence-corrected chi connectivity index (χ3v) is 4.26. The molecule has 1 rings (SSSR count). The van der Waals surface area contributed by atoms with E-state index in [1.165, 1.54) is 32.1 Å². The lowest BCUT2D eigenvalue weighted by Crippen LogP contribution is -2.33. The summed E-state index contributed by atoms with van der Waals surface area (Å²) in [4.78, 5) is 35.1. The minimum atomic E-state index is -1.18. The van der Waals surface area contributed by atoms with Crippen LogP contribution in [0.2, 0.25) is 0 Å². The summed E-state index contributed by atoms with van der Waals surface area (Å²) in [7, 11) is 0. The van der Waals surface area contributed by atoms with Crippen molar-refractivity contribution in [3.63, 3.8) is 0 Å². The Morgan fingerprint density at radius 1 is 1.14 bits per heavy atom.